The predicted octanol–water partition coefficient (Wildman–Crippen LogP) is 3.92. The fourth-order valence-electron chi connectivity index (χ4n) is 4.60. The first-order chi connectivity index (χ1) is 9.65. The molecule has 2 N–H and O–H groups in total. The largest absolute Gasteiger partial charge is 0.393 e. The van der Waals surface area contributed by atoms with Gasteiger partial charge in [0.25, 0.3) is 0 Å². The quantitative estimate of drug-likeness (QED) is 0.749. The molecule has 0 bridgehead atoms. The van der Waals surface area contributed by atoms with Crippen LogP contribution in [-0.2, 0) is 0 Å². The monoisotopic (exact) mass is 280 g/mol. The summed E-state index contributed by atoms with van der Waals surface area (Å²) in [7, 11) is 0. The van der Waals surface area contributed by atoms with E-state index in [2.05, 4.69) is 13.5 Å². The van der Waals surface area contributed by atoms with Crippen molar-refractivity contribution in [1.29, 1.82) is 0 Å². The third kappa shape index (κ3) is 3.85. The lowest BCUT2D eigenvalue weighted by Crippen LogP contribution is -2.39. The molecule has 0 saturated heterocycles. The minimum Gasteiger partial charge on any atom is -0.393 e. The maximum atomic E-state index is 10.4. The Hall–Kier alpha value is -0.340. The van der Waals surface area contributed by atoms with Gasteiger partial charge in [0.1, 0.15) is 0 Å². The average Bonchev–Trinajstić information content (AvgIpc) is 2.44. The molecule has 2 fully saturated rings. The number of rotatable bonds is 5. The van der Waals surface area contributed by atoms with E-state index in [-0.39, 0.29) is 12.2 Å². The lowest BCUT2D eigenvalue weighted by molar-refractivity contribution is -0.0272. The van der Waals surface area contributed by atoms with Gasteiger partial charge >= 0.3 is 0 Å². The van der Waals surface area contributed by atoms with Gasteiger partial charge in [-0.2, -0.15) is 0 Å². The normalized spacial score (nSPS) is 42.4. The highest BCUT2D eigenvalue weighted by atomic mass is 16.3. The molecular weight excluding hydrogens is 248 g/mol. The number of aliphatic hydroxyl groups excluding tert-OH is 2. The van der Waals surface area contributed by atoms with Gasteiger partial charge in [0.15, 0.2) is 0 Å². The molecule has 0 aliphatic heterocycles. The highest BCUT2D eigenvalue weighted by molar-refractivity contribution is 4.91. The van der Waals surface area contributed by atoms with Crippen LogP contribution in [0.1, 0.15) is 64.7 Å². The molecule has 0 heterocycles. The molecule has 0 radical (unpaired) electrons. The van der Waals surface area contributed by atoms with Crippen molar-refractivity contribution < 1.29 is 10.2 Å². The van der Waals surface area contributed by atoms with E-state index in [9.17, 15) is 10.2 Å². The van der Waals surface area contributed by atoms with Gasteiger partial charge < -0.3 is 10.2 Å². The van der Waals surface area contributed by atoms with Gasteiger partial charge in [0.05, 0.1) is 12.2 Å². The first-order valence-electron chi connectivity index (χ1n) is 8.62. The molecule has 2 heteroatoms. The van der Waals surface area contributed by atoms with E-state index >= 15 is 0 Å². The summed E-state index contributed by atoms with van der Waals surface area (Å²) in [6.45, 7) is 6.08. The second-order valence-corrected chi connectivity index (χ2v) is 7.12. The molecule has 20 heavy (non-hydrogen) atoms. The van der Waals surface area contributed by atoms with E-state index in [0.717, 1.165) is 38.0 Å². The predicted molar refractivity (Wildman–Crippen MR) is 83.4 cm³/mol. The van der Waals surface area contributed by atoms with Crippen LogP contribution in [0.4, 0.5) is 0 Å². The van der Waals surface area contributed by atoms with E-state index in [1.807, 2.05) is 6.08 Å². The van der Waals surface area contributed by atoms with E-state index in [4.69, 9.17) is 0 Å². The van der Waals surface area contributed by atoms with Crippen molar-refractivity contribution in [3.8, 4) is 0 Å². The van der Waals surface area contributed by atoms with Crippen LogP contribution < -0.4 is 0 Å². The summed E-state index contributed by atoms with van der Waals surface area (Å²) in [6, 6.07) is 0. The Morgan fingerprint density at radius 2 is 1.80 bits per heavy atom. The molecule has 2 aliphatic carbocycles. The maximum Gasteiger partial charge on any atom is 0.0571 e. The third-order valence-corrected chi connectivity index (χ3v) is 5.73. The zero-order valence-electron chi connectivity index (χ0n) is 13.0. The standard InChI is InChI=1S/C18H32O2/c1-3-5-13-7-9-18(20)16(11-13)14-8-10-17(19)15(12-14)6-4-2/h4,13-20H,2-3,5-12H2,1H3. The van der Waals surface area contributed by atoms with E-state index in [1.165, 1.54) is 25.7 Å². The van der Waals surface area contributed by atoms with Gasteiger partial charge in [-0.1, -0.05) is 25.8 Å². The van der Waals surface area contributed by atoms with Crippen molar-refractivity contribution in [2.45, 2.75) is 76.9 Å². The van der Waals surface area contributed by atoms with Gasteiger partial charge in [0.2, 0.25) is 0 Å². The topological polar surface area (TPSA) is 40.5 Å². The zero-order valence-corrected chi connectivity index (χ0v) is 13.0. The molecule has 6 unspecified atom stereocenters. The van der Waals surface area contributed by atoms with Crippen LogP contribution in [0.2, 0.25) is 0 Å². The second-order valence-electron chi connectivity index (χ2n) is 7.12. The van der Waals surface area contributed by atoms with Gasteiger partial charge in [-0.25, -0.2) is 0 Å². The van der Waals surface area contributed by atoms with Crippen molar-refractivity contribution in [3.63, 3.8) is 0 Å². The van der Waals surface area contributed by atoms with Crippen molar-refractivity contribution in [1.82, 2.24) is 0 Å². The van der Waals surface area contributed by atoms with Crippen LogP contribution >= 0.6 is 0 Å². The number of hydrogen-bond acceptors (Lipinski definition) is 2. The lowest BCUT2D eigenvalue weighted by Gasteiger charge is -2.42. The van der Waals surface area contributed by atoms with Gasteiger partial charge in [-0.05, 0) is 68.6 Å². The molecule has 6 atom stereocenters. The van der Waals surface area contributed by atoms with E-state index in [0.29, 0.717) is 17.8 Å². The molecule has 0 aromatic carbocycles. The van der Waals surface area contributed by atoms with Crippen molar-refractivity contribution in [2.75, 3.05) is 0 Å². The number of allylic oxidation sites excluding steroid dienone is 1. The fraction of sp³-hybridized carbons (Fsp3) is 0.889. The maximum absolute atomic E-state index is 10.4. The minimum absolute atomic E-state index is 0.104. The molecule has 2 saturated carbocycles. The Morgan fingerprint density at radius 1 is 1.05 bits per heavy atom. The number of aliphatic hydroxyl groups is 2. The van der Waals surface area contributed by atoms with Crippen LogP contribution in [0.25, 0.3) is 0 Å². The molecule has 0 amide bonds. The Morgan fingerprint density at radius 3 is 2.50 bits per heavy atom. The molecule has 2 aliphatic rings. The Labute approximate surface area is 124 Å². The summed E-state index contributed by atoms with van der Waals surface area (Å²) < 4.78 is 0. The molecule has 2 nitrogen and oxygen atoms in total. The summed E-state index contributed by atoms with van der Waals surface area (Å²) in [4.78, 5) is 0. The SMILES string of the molecule is C=CCC1CC(C2CC(CCC)CCC2O)CCC1O. The first kappa shape index (κ1) is 16.0. The van der Waals surface area contributed by atoms with Crippen LogP contribution in [-0.4, -0.2) is 22.4 Å². The first-order valence-corrected chi connectivity index (χ1v) is 8.62. The summed E-state index contributed by atoms with van der Waals surface area (Å²) in [5.41, 5.74) is 0. The van der Waals surface area contributed by atoms with Crippen LogP contribution in [0.15, 0.2) is 12.7 Å². The lowest BCUT2D eigenvalue weighted by atomic mass is 9.65. The van der Waals surface area contributed by atoms with Crippen LogP contribution in [0.3, 0.4) is 0 Å². The highest BCUT2D eigenvalue weighted by Gasteiger charge is 2.38. The smallest absolute Gasteiger partial charge is 0.0571 e. The van der Waals surface area contributed by atoms with Gasteiger partial charge in [-0.3, -0.25) is 0 Å². The van der Waals surface area contributed by atoms with Gasteiger partial charge in [-0.15, -0.1) is 6.58 Å². The van der Waals surface area contributed by atoms with Gasteiger partial charge in [0, 0.05) is 0 Å². The van der Waals surface area contributed by atoms with Crippen LogP contribution in [0.5, 0.6) is 0 Å². The summed E-state index contributed by atoms with van der Waals surface area (Å²) in [5.74, 6) is 2.27. The van der Waals surface area contributed by atoms with E-state index < -0.39 is 0 Å². The molecule has 0 aromatic rings. The summed E-state index contributed by atoms with van der Waals surface area (Å²) in [6.07, 6.45) is 11.6. The summed E-state index contributed by atoms with van der Waals surface area (Å²) in [5, 5.41) is 20.5. The Kier molecular flexibility index (Phi) is 6.10. The molecule has 116 valence electrons. The zero-order chi connectivity index (χ0) is 14.5. The average molecular weight is 280 g/mol. The van der Waals surface area contributed by atoms with Crippen molar-refractivity contribution >= 4 is 0 Å². The van der Waals surface area contributed by atoms with Crippen molar-refractivity contribution in [2.24, 2.45) is 23.7 Å². The second kappa shape index (κ2) is 7.61. The molecule has 0 aromatic heterocycles. The highest BCUT2D eigenvalue weighted by Crippen LogP contribution is 2.43. The molecule has 0 spiro atoms. The molecule has 2 rings (SSSR count). The van der Waals surface area contributed by atoms with Crippen molar-refractivity contribution in [3.05, 3.63) is 12.7 Å². The molecular formula is C18H32O2. The fourth-order valence-corrected chi connectivity index (χ4v) is 4.60. The Bertz CT molecular complexity index is 302. The van der Waals surface area contributed by atoms with Crippen LogP contribution in [0, 0.1) is 23.7 Å². The Balaban J connectivity index is 1.95. The van der Waals surface area contributed by atoms with E-state index in [1.54, 1.807) is 0 Å². The minimum atomic E-state index is -0.156. The summed E-state index contributed by atoms with van der Waals surface area (Å²) >= 11 is 0. The number of hydrogen-bond donors (Lipinski definition) is 2. The third-order valence-electron chi connectivity index (χ3n) is 5.73.